The fourth-order valence-electron chi connectivity index (χ4n) is 2.61. The molecule has 0 saturated carbocycles. The minimum atomic E-state index is -0.912. The third-order valence-electron chi connectivity index (χ3n) is 3.20. The molecule has 5 nitrogen and oxygen atoms in total. The highest BCUT2D eigenvalue weighted by Crippen LogP contribution is 2.18. The number of carboxylic acid groups (broad SMARTS) is 1. The van der Waals surface area contributed by atoms with E-state index in [1.54, 1.807) is 11.9 Å². The predicted molar refractivity (Wildman–Crippen MR) is 69.3 cm³/mol. The van der Waals surface area contributed by atoms with E-state index in [4.69, 9.17) is 5.11 Å². The maximum absolute atomic E-state index is 12.2. The number of carboxylic acids is 1. The molecule has 1 rings (SSSR count). The lowest BCUT2D eigenvalue weighted by Gasteiger charge is -2.30. The van der Waals surface area contributed by atoms with Crippen LogP contribution in [0.1, 0.15) is 27.2 Å². The third-order valence-corrected chi connectivity index (χ3v) is 3.20. The van der Waals surface area contributed by atoms with E-state index in [0.717, 1.165) is 13.1 Å². The summed E-state index contributed by atoms with van der Waals surface area (Å²) in [5.41, 5.74) is 0. The molecule has 5 heteroatoms. The monoisotopic (exact) mass is 256 g/mol. The molecule has 1 aliphatic heterocycles. The number of carbonyl (C=O) groups excluding carboxylic acids is 1. The predicted octanol–water partition coefficient (Wildman–Crippen LogP) is 0.896. The highest BCUT2D eigenvalue weighted by molar-refractivity contribution is 5.86. The first kappa shape index (κ1) is 15.0. The topological polar surface area (TPSA) is 60.9 Å². The molecule has 0 radical (unpaired) electrons. The lowest BCUT2D eigenvalue weighted by Crippen LogP contribution is -2.47. The molecule has 0 spiro atoms. The van der Waals surface area contributed by atoms with Gasteiger partial charge in [0.2, 0.25) is 5.91 Å². The van der Waals surface area contributed by atoms with Crippen LogP contribution >= 0.6 is 0 Å². The minimum absolute atomic E-state index is 0.0672. The summed E-state index contributed by atoms with van der Waals surface area (Å²) in [4.78, 5) is 26.9. The first-order valence-corrected chi connectivity index (χ1v) is 6.52. The molecule has 2 atom stereocenters. The molecule has 0 aliphatic carbocycles. The average molecular weight is 256 g/mol. The zero-order chi connectivity index (χ0) is 13.9. The molecule has 2 unspecified atom stereocenters. The van der Waals surface area contributed by atoms with Gasteiger partial charge in [-0.3, -0.25) is 14.5 Å². The zero-order valence-electron chi connectivity index (χ0n) is 11.7. The smallest absolute Gasteiger partial charge is 0.305 e. The number of nitrogens with zero attached hydrogens (tertiary/aromatic N) is 2. The Kier molecular flexibility index (Phi) is 5.14. The van der Waals surface area contributed by atoms with E-state index in [0.29, 0.717) is 18.4 Å². The Balaban J connectivity index is 2.91. The molecule has 0 aromatic heterocycles. The van der Waals surface area contributed by atoms with Gasteiger partial charge in [-0.05, 0) is 11.8 Å². The van der Waals surface area contributed by atoms with Crippen molar-refractivity contribution in [1.29, 1.82) is 0 Å². The minimum Gasteiger partial charge on any atom is -0.481 e. The van der Waals surface area contributed by atoms with Crippen molar-refractivity contribution >= 4 is 11.9 Å². The van der Waals surface area contributed by atoms with Crippen molar-refractivity contribution < 1.29 is 14.7 Å². The fraction of sp³-hybridized carbons (Fsp3) is 0.846. The first-order valence-electron chi connectivity index (χ1n) is 6.52. The summed E-state index contributed by atoms with van der Waals surface area (Å²) in [5.74, 6) is -0.186. The van der Waals surface area contributed by atoms with Crippen LogP contribution in [0.3, 0.4) is 0 Å². The second-order valence-electron chi connectivity index (χ2n) is 5.79. The summed E-state index contributed by atoms with van der Waals surface area (Å²) in [6, 6.07) is -0.514. The van der Waals surface area contributed by atoms with Crippen LogP contribution in [-0.4, -0.2) is 59.5 Å². The van der Waals surface area contributed by atoms with Crippen LogP contribution in [0.4, 0.5) is 0 Å². The normalized spacial score (nSPS) is 26.5. The average Bonchev–Trinajstić information content (AvgIpc) is 2.29. The van der Waals surface area contributed by atoms with Crippen molar-refractivity contribution in [2.45, 2.75) is 33.2 Å². The van der Waals surface area contributed by atoms with Crippen molar-refractivity contribution in [3.63, 3.8) is 0 Å². The van der Waals surface area contributed by atoms with Gasteiger partial charge in [0.05, 0.1) is 12.5 Å². The van der Waals surface area contributed by atoms with Gasteiger partial charge in [-0.1, -0.05) is 20.8 Å². The lowest BCUT2D eigenvalue weighted by molar-refractivity contribution is -0.144. The molecule has 1 N–H and O–H groups in total. The van der Waals surface area contributed by atoms with E-state index in [-0.39, 0.29) is 12.3 Å². The number of carbonyl (C=O) groups is 2. The molecule has 18 heavy (non-hydrogen) atoms. The van der Waals surface area contributed by atoms with Crippen molar-refractivity contribution in [2.75, 3.05) is 26.7 Å². The van der Waals surface area contributed by atoms with Crippen molar-refractivity contribution in [2.24, 2.45) is 11.8 Å². The summed E-state index contributed by atoms with van der Waals surface area (Å²) < 4.78 is 0. The van der Waals surface area contributed by atoms with E-state index in [1.807, 2.05) is 4.90 Å². The Morgan fingerprint density at radius 3 is 2.56 bits per heavy atom. The summed E-state index contributed by atoms with van der Waals surface area (Å²) in [6.45, 7) is 8.51. The summed E-state index contributed by atoms with van der Waals surface area (Å²) >= 11 is 0. The van der Waals surface area contributed by atoms with Crippen LogP contribution in [0, 0.1) is 11.8 Å². The van der Waals surface area contributed by atoms with Gasteiger partial charge < -0.3 is 10.0 Å². The molecule has 1 amide bonds. The molecule has 0 bridgehead atoms. The Morgan fingerprint density at radius 1 is 1.44 bits per heavy atom. The SMILES string of the molecule is CC(C)CN1CC(C)CN(C)C(=O)C1CC(=O)O. The van der Waals surface area contributed by atoms with Crippen molar-refractivity contribution in [3.05, 3.63) is 0 Å². The van der Waals surface area contributed by atoms with Crippen LogP contribution in [0.25, 0.3) is 0 Å². The van der Waals surface area contributed by atoms with E-state index >= 15 is 0 Å². The molecule has 1 heterocycles. The maximum Gasteiger partial charge on any atom is 0.305 e. The molecule has 0 aromatic rings. The highest BCUT2D eigenvalue weighted by atomic mass is 16.4. The van der Waals surface area contributed by atoms with Crippen LogP contribution in [0.5, 0.6) is 0 Å². The Bertz CT molecular complexity index is 317. The molecule has 104 valence electrons. The quantitative estimate of drug-likeness (QED) is 0.811. The van der Waals surface area contributed by atoms with E-state index in [9.17, 15) is 9.59 Å². The van der Waals surface area contributed by atoms with Gasteiger partial charge in [0, 0.05) is 26.7 Å². The molecule has 1 saturated heterocycles. The molecular formula is C13H24N2O3. The maximum atomic E-state index is 12.2. The van der Waals surface area contributed by atoms with Gasteiger partial charge in [-0.2, -0.15) is 0 Å². The lowest BCUT2D eigenvalue weighted by atomic mass is 10.1. The number of amides is 1. The molecule has 1 aliphatic rings. The standard InChI is InChI=1S/C13H24N2O3/c1-9(2)6-15-8-10(3)7-14(4)13(18)11(15)5-12(16)17/h9-11H,5-8H2,1-4H3,(H,16,17). The summed E-state index contributed by atoms with van der Waals surface area (Å²) in [6.07, 6.45) is -0.109. The number of likely N-dealkylation sites (N-methyl/N-ethyl adjacent to an activating group) is 1. The number of hydrogen-bond acceptors (Lipinski definition) is 3. The highest BCUT2D eigenvalue weighted by Gasteiger charge is 2.34. The van der Waals surface area contributed by atoms with E-state index in [1.165, 1.54) is 0 Å². The second-order valence-corrected chi connectivity index (χ2v) is 5.79. The molecular weight excluding hydrogens is 232 g/mol. The van der Waals surface area contributed by atoms with Gasteiger partial charge in [-0.25, -0.2) is 0 Å². The Labute approximate surface area is 109 Å². The third kappa shape index (κ3) is 3.98. The van der Waals surface area contributed by atoms with Crippen molar-refractivity contribution in [3.8, 4) is 0 Å². The second kappa shape index (κ2) is 6.18. The van der Waals surface area contributed by atoms with E-state index < -0.39 is 12.0 Å². The van der Waals surface area contributed by atoms with Gasteiger partial charge in [-0.15, -0.1) is 0 Å². The van der Waals surface area contributed by atoms with Crippen molar-refractivity contribution in [1.82, 2.24) is 9.80 Å². The summed E-state index contributed by atoms with van der Waals surface area (Å²) in [7, 11) is 1.76. The molecule has 0 aromatic carbocycles. The van der Waals surface area contributed by atoms with Crippen LogP contribution in [0.15, 0.2) is 0 Å². The Hall–Kier alpha value is -1.10. The van der Waals surface area contributed by atoms with Gasteiger partial charge in [0.25, 0.3) is 0 Å². The number of hydrogen-bond donors (Lipinski definition) is 1. The fourth-order valence-corrected chi connectivity index (χ4v) is 2.61. The molecule has 1 fully saturated rings. The number of rotatable bonds is 4. The summed E-state index contributed by atoms with van der Waals surface area (Å²) in [5, 5.41) is 8.98. The van der Waals surface area contributed by atoms with Crippen LogP contribution < -0.4 is 0 Å². The van der Waals surface area contributed by atoms with Crippen LogP contribution in [-0.2, 0) is 9.59 Å². The first-order chi connectivity index (χ1) is 8.31. The van der Waals surface area contributed by atoms with Gasteiger partial charge in [0.1, 0.15) is 0 Å². The van der Waals surface area contributed by atoms with Crippen LogP contribution in [0.2, 0.25) is 0 Å². The largest absolute Gasteiger partial charge is 0.481 e. The Morgan fingerprint density at radius 2 is 2.06 bits per heavy atom. The van der Waals surface area contributed by atoms with E-state index in [2.05, 4.69) is 20.8 Å². The van der Waals surface area contributed by atoms with Gasteiger partial charge >= 0.3 is 5.97 Å². The number of aliphatic carboxylic acids is 1. The zero-order valence-corrected chi connectivity index (χ0v) is 11.7. The van der Waals surface area contributed by atoms with Gasteiger partial charge in [0.15, 0.2) is 0 Å².